The summed E-state index contributed by atoms with van der Waals surface area (Å²) in [5.41, 5.74) is 1.76. The minimum atomic E-state index is -0.532. The van der Waals surface area contributed by atoms with E-state index in [1.807, 2.05) is 55.5 Å². The Balaban J connectivity index is 1.78. The molecular weight excluding hydrogens is 431 g/mol. The Morgan fingerprint density at radius 3 is 2.16 bits per heavy atom. The van der Waals surface area contributed by atoms with Crippen LogP contribution in [0, 0.1) is 0 Å². The summed E-state index contributed by atoms with van der Waals surface area (Å²) in [5, 5.41) is 4.41. The van der Waals surface area contributed by atoms with Crippen molar-refractivity contribution in [2.75, 3.05) is 0 Å². The molecule has 1 aliphatic carbocycles. The first-order valence-electron chi connectivity index (χ1n) is 11.1. The Morgan fingerprint density at radius 2 is 1.58 bits per heavy atom. The second-order valence-electron chi connectivity index (χ2n) is 8.12. The predicted molar refractivity (Wildman–Crippen MR) is 126 cm³/mol. The highest BCUT2D eigenvalue weighted by molar-refractivity contribution is 6.31. The summed E-state index contributed by atoms with van der Waals surface area (Å²) in [7, 11) is 0. The van der Waals surface area contributed by atoms with Crippen LogP contribution >= 0.6 is 23.2 Å². The monoisotopic (exact) mass is 460 g/mol. The lowest BCUT2D eigenvalue weighted by Crippen LogP contribution is -2.51. The van der Waals surface area contributed by atoms with Gasteiger partial charge in [0.15, 0.2) is 0 Å². The number of benzene rings is 2. The largest absolute Gasteiger partial charge is 0.352 e. The smallest absolute Gasteiger partial charge is 0.243 e. The van der Waals surface area contributed by atoms with Crippen molar-refractivity contribution < 1.29 is 9.59 Å². The molecule has 1 aliphatic rings. The normalized spacial score (nSPS) is 14.9. The van der Waals surface area contributed by atoms with Crippen molar-refractivity contribution in [1.29, 1.82) is 0 Å². The van der Waals surface area contributed by atoms with E-state index in [9.17, 15) is 9.59 Å². The van der Waals surface area contributed by atoms with Crippen molar-refractivity contribution in [2.45, 2.75) is 70.5 Å². The van der Waals surface area contributed by atoms with Crippen LogP contribution in [0.1, 0.15) is 56.6 Å². The summed E-state index contributed by atoms with van der Waals surface area (Å²) in [4.78, 5) is 28.1. The molecule has 0 heterocycles. The van der Waals surface area contributed by atoms with Crippen LogP contribution in [0.2, 0.25) is 10.0 Å². The van der Waals surface area contributed by atoms with Gasteiger partial charge in [-0.1, -0.05) is 79.4 Å². The fourth-order valence-electron chi connectivity index (χ4n) is 4.18. The number of halogens is 2. The first-order chi connectivity index (χ1) is 15.0. The average molecular weight is 461 g/mol. The number of rotatable bonds is 9. The van der Waals surface area contributed by atoms with Crippen LogP contribution in [-0.4, -0.2) is 28.8 Å². The van der Waals surface area contributed by atoms with Gasteiger partial charge >= 0.3 is 0 Å². The highest BCUT2D eigenvalue weighted by atomic mass is 35.5. The van der Waals surface area contributed by atoms with Crippen LogP contribution < -0.4 is 5.32 Å². The first-order valence-corrected chi connectivity index (χ1v) is 11.8. The molecule has 0 aromatic heterocycles. The van der Waals surface area contributed by atoms with Crippen LogP contribution in [-0.2, 0) is 22.6 Å². The third-order valence-electron chi connectivity index (χ3n) is 5.95. The molecule has 0 unspecified atom stereocenters. The van der Waals surface area contributed by atoms with Gasteiger partial charge in [-0.25, -0.2) is 0 Å². The van der Waals surface area contributed by atoms with E-state index < -0.39 is 6.04 Å². The number of carbonyl (C=O) groups is 2. The Kier molecular flexibility index (Phi) is 8.79. The molecule has 1 fully saturated rings. The Morgan fingerprint density at radius 1 is 1.00 bits per heavy atom. The fraction of sp³-hybridized carbons (Fsp3) is 0.440. The second-order valence-corrected chi connectivity index (χ2v) is 8.93. The van der Waals surface area contributed by atoms with Crippen LogP contribution in [0.5, 0.6) is 0 Å². The molecule has 0 radical (unpaired) electrons. The number of hydrogen-bond acceptors (Lipinski definition) is 2. The Bertz CT molecular complexity index is 897. The Labute approximate surface area is 194 Å². The summed E-state index contributed by atoms with van der Waals surface area (Å²) >= 11 is 12.6. The summed E-state index contributed by atoms with van der Waals surface area (Å²) < 4.78 is 0. The number of nitrogens with zero attached hydrogens (tertiary/aromatic N) is 1. The van der Waals surface area contributed by atoms with E-state index in [2.05, 4.69) is 5.32 Å². The van der Waals surface area contributed by atoms with Crippen molar-refractivity contribution in [3.63, 3.8) is 0 Å². The average Bonchev–Trinajstić information content (AvgIpc) is 3.27. The maximum Gasteiger partial charge on any atom is 0.243 e. The third-order valence-corrected chi connectivity index (χ3v) is 6.69. The lowest BCUT2D eigenvalue weighted by molar-refractivity contribution is -0.141. The van der Waals surface area contributed by atoms with Crippen LogP contribution in [0.15, 0.2) is 48.5 Å². The quantitative estimate of drug-likeness (QED) is 0.514. The van der Waals surface area contributed by atoms with E-state index in [0.717, 1.165) is 36.8 Å². The molecule has 2 aromatic rings. The van der Waals surface area contributed by atoms with Crippen molar-refractivity contribution in [1.82, 2.24) is 10.2 Å². The van der Waals surface area contributed by atoms with Gasteiger partial charge in [-0.05, 0) is 48.9 Å². The molecule has 31 heavy (non-hydrogen) atoms. The van der Waals surface area contributed by atoms with Gasteiger partial charge in [0.1, 0.15) is 6.04 Å². The lowest BCUT2D eigenvalue weighted by atomic mass is 10.1. The van der Waals surface area contributed by atoms with Gasteiger partial charge in [-0.2, -0.15) is 0 Å². The molecule has 1 atom stereocenters. The molecule has 0 spiro atoms. The highest BCUT2D eigenvalue weighted by Gasteiger charge is 2.30. The maximum atomic E-state index is 13.3. The third kappa shape index (κ3) is 6.47. The number of amides is 2. The Hall–Kier alpha value is -2.04. The van der Waals surface area contributed by atoms with E-state index in [4.69, 9.17) is 23.2 Å². The van der Waals surface area contributed by atoms with Crippen molar-refractivity contribution in [3.8, 4) is 0 Å². The summed E-state index contributed by atoms with van der Waals surface area (Å²) in [6.45, 7) is 2.25. The minimum absolute atomic E-state index is 0.0757. The maximum absolute atomic E-state index is 13.3. The lowest BCUT2D eigenvalue weighted by Gasteiger charge is -2.32. The predicted octanol–water partition coefficient (Wildman–Crippen LogP) is 5.79. The summed E-state index contributed by atoms with van der Waals surface area (Å²) in [5.74, 6) is -0.152. The van der Waals surface area contributed by atoms with Gasteiger partial charge in [0.25, 0.3) is 0 Å². The molecule has 1 saturated carbocycles. The van der Waals surface area contributed by atoms with Gasteiger partial charge in [0.2, 0.25) is 11.8 Å². The van der Waals surface area contributed by atoms with Gasteiger partial charge in [0, 0.05) is 29.1 Å². The van der Waals surface area contributed by atoms with E-state index in [1.165, 1.54) is 0 Å². The van der Waals surface area contributed by atoms with E-state index in [1.54, 1.807) is 4.90 Å². The van der Waals surface area contributed by atoms with Crippen LogP contribution in [0.3, 0.4) is 0 Å². The van der Waals surface area contributed by atoms with Gasteiger partial charge in [-0.3, -0.25) is 9.59 Å². The highest BCUT2D eigenvalue weighted by Crippen LogP contribution is 2.23. The van der Waals surface area contributed by atoms with Crippen molar-refractivity contribution in [3.05, 3.63) is 69.7 Å². The zero-order valence-corrected chi connectivity index (χ0v) is 19.5. The zero-order chi connectivity index (χ0) is 22.2. The molecule has 0 saturated heterocycles. The van der Waals surface area contributed by atoms with E-state index in [0.29, 0.717) is 29.4 Å². The number of hydrogen-bond donors (Lipinski definition) is 1. The van der Waals surface area contributed by atoms with Crippen molar-refractivity contribution >= 4 is 35.0 Å². The summed E-state index contributed by atoms with van der Waals surface area (Å²) in [6.07, 6.45) is 5.64. The second kappa shape index (κ2) is 11.5. The summed E-state index contributed by atoms with van der Waals surface area (Å²) in [6, 6.07) is 14.7. The number of aryl methyl sites for hydroxylation is 1. The molecule has 4 nitrogen and oxygen atoms in total. The molecule has 1 N–H and O–H groups in total. The van der Waals surface area contributed by atoms with E-state index >= 15 is 0 Å². The standard InChI is InChI=1S/C25H30Cl2N2O2/c1-2-23(25(31)28-20-11-5-6-12-20)29(17-19-10-4-8-14-22(19)27)24(30)16-15-18-9-3-7-13-21(18)26/h3-4,7-10,13-14,20,23H,2,5-6,11-12,15-17H2,1H3,(H,28,31)/t23-/m1/s1. The van der Waals surface area contributed by atoms with Crippen LogP contribution in [0.4, 0.5) is 0 Å². The van der Waals surface area contributed by atoms with Crippen molar-refractivity contribution in [2.24, 2.45) is 0 Å². The molecule has 2 aromatic carbocycles. The molecule has 166 valence electrons. The first kappa shape index (κ1) is 23.6. The molecule has 0 bridgehead atoms. The molecule has 6 heteroatoms. The topological polar surface area (TPSA) is 49.4 Å². The molecule has 0 aliphatic heterocycles. The van der Waals surface area contributed by atoms with Gasteiger partial charge in [-0.15, -0.1) is 0 Å². The van der Waals surface area contributed by atoms with Crippen LogP contribution in [0.25, 0.3) is 0 Å². The molecular formula is C25H30Cl2N2O2. The number of nitrogens with one attached hydrogen (secondary N) is 1. The molecule has 3 rings (SSSR count). The SMILES string of the molecule is CC[C@H](C(=O)NC1CCCC1)N(Cc1ccccc1Cl)C(=O)CCc1ccccc1Cl. The fourth-order valence-corrected chi connectivity index (χ4v) is 4.61. The molecule has 2 amide bonds. The zero-order valence-electron chi connectivity index (χ0n) is 17.9. The van der Waals surface area contributed by atoms with Gasteiger partial charge < -0.3 is 10.2 Å². The minimum Gasteiger partial charge on any atom is -0.352 e. The number of carbonyl (C=O) groups excluding carboxylic acids is 2. The van der Waals surface area contributed by atoms with E-state index in [-0.39, 0.29) is 24.3 Å². The van der Waals surface area contributed by atoms with Gasteiger partial charge in [0.05, 0.1) is 0 Å².